The number of hydrogen-bond donors (Lipinski definition) is 1. The van der Waals surface area contributed by atoms with Crippen LogP contribution in [0.5, 0.6) is 11.5 Å². The van der Waals surface area contributed by atoms with E-state index in [1.807, 2.05) is 26.0 Å². The van der Waals surface area contributed by atoms with Crippen molar-refractivity contribution in [3.8, 4) is 11.5 Å². The molecule has 19 heavy (non-hydrogen) atoms. The van der Waals surface area contributed by atoms with Gasteiger partial charge in [0.25, 0.3) is 0 Å². The molecule has 2 rings (SSSR count). The Morgan fingerprint density at radius 3 is 2.84 bits per heavy atom. The van der Waals surface area contributed by atoms with Crippen molar-refractivity contribution in [2.75, 3.05) is 13.9 Å². The summed E-state index contributed by atoms with van der Waals surface area (Å²) >= 11 is 0. The van der Waals surface area contributed by atoms with Crippen molar-refractivity contribution in [1.29, 1.82) is 0 Å². The molecule has 1 N–H and O–H groups in total. The zero-order chi connectivity index (χ0) is 14.0. The van der Waals surface area contributed by atoms with Crippen molar-refractivity contribution in [3.05, 3.63) is 23.3 Å². The summed E-state index contributed by atoms with van der Waals surface area (Å²) in [5.74, 6) is 0.557. The fourth-order valence-corrected chi connectivity index (χ4v) is 2.51. The number of hydrogen-bond acceptors (Lipinski definition) is 4. The van der Waals surface area contributed by atoms with E-state index >= 15 is 0 Å². The highest BCUT2D eigenvalue weighted by Gasteiger charge is 2.32. The highest BCUT2D eigenvalue weighted by Crippen LogP contribution is 2.42. The first-order valence-electron chi connectivity index (χ1n) is 6.08. The van der Waals surface area contributed by atoms with Crippen LogP contribution >= 0.6 is 0 Å². The second-order valence-corrected chi connectivity index (χ2v) is 5.18. The van der Waals surface area contributed by atoms with Crippen molar-refractivity contribution in [2.24, 2.45) is 0 Å². The molecule has 0 spiro atoms. The molecule has 1 heterocycles. The largest absolute Gasteiger partial charge is 0.496 e. The standard InChI is InChI=1S/C14H18O5/c1-14(2,6-12(15)16)13-9-7-18-8-19-10(9)4-5-11(13)17-3/h4-5H,6-8H2,1-3H3,(H,15,16). The molecule has 0 bridgehead atoms. The number of methoxy groups -OCH3 is 1. The lowest BCUT2D eigenvalue weighted by Gasteiger charge is -2.31. The van der Waals surface area contributed by atoms with Crippen LogP contribution in [0.3, 0.4) is 0 Å². The summed E-state index contributed by atoms with van der Waals surface area (Å²) < 4.78 is 16.1. The first-order chi connectivity index (χ1) is 8.95. The normalized spacial score (nSPS) is 14.5. The fraction of sp³-hybridized carbons (Fsp3) is 0.500. The quantitative estimate of drug-likeness (QED) is 0.906. The lowest BCUT2D eigenvalue weighted by Crippen LogP contribution is -2.26. The lowest BCUT2D eigenvalue weighted by atomic mass is 9.78. The van der Waals surface area contributed by atoms with Crippen LogP contribution in [0, 0.1) is 0 Å². The van der Waals surface area contributed by atoms with Crippen LogP contribution in [-0.4, -0.2) is 25.0 Å². The molecule has 104 valence electrons. The Morgan fingerprint density at radius 1 is 1.47 bits per heavy atom. The van der Waals surface area contributed by atoms with Crippen LogP contribution in [0.15, 0.2) is 12.1 Å². The Morgan fingerprint density at radius 2 is 2.21 bits per heavy atom. The molecular formula is C14H18O5. The summed E-state index contributed by atoms with van der Waals surface area (Å²) in [6.07, 6.45) is 0.0137. The van der Waals surface area contributed by atoms with E-state index in [9.17, 15) is 4.79 Å². The third-order valence-corrected chi connectivity index (χ3v) is 3.27. The topological polar surface area (TPSA) is 65.0 Å². The van der Waals surface area contributed by atoms with E-state index in [0.717, 1.165) is 16.9 Å². The molecule has 0 radical (unpaired) electrons. The van der Waals surface area contributed by atoms with Crippen LogP contribution < -0.4 is 9.47 Å². The molecule has 0 unspecified atom stereocenters. The molecule has 5 nitrogen and oxygen atoms in total. The molecule has 1 aliphatic heterocycles. The number of fused-ring (bicyclic) bond motifs is 1. The third kappa shape index (κ3) is 2.66. The average Bonchev–Trinajstić information content (AvgIpc) is 2.35. The number of ether oxygens (including phenoxy) is 3. The monoisotopic (exact) mass is 266 g/mol. The van der Waals surface area contributed by atoms with Gasteiger partial charge in [-0.05, 0) is 12.1 Å². The Kier molecular flexibility index (Phi) is 3.66. The predicted molar refractivity (Wildman–Crippen MR) is 68.6 cm³/mol. The lowest BCUT2D eigenvalue weighted by molar-refractivity contribution is -0.138. The maximum absolute atomic E-state index is 11.1. The van der Waals surface area contributed by atoms with Gasteiger partial charge in [0, 0.05) is 16.5 Å². The van der Waals surface area contributed by atoms with Crippen molar-refractivity contribution >= 4 is 5.97 Å². The van der Waals surface area contributed by atoms with Crippen LogP contribution in [-0.2, 0) is 21.6 Å². The molecule has 0 amide bonds. The molecule has 1 aromatic carbocycles. The van der Waals surface area contributed by atoms with E-state index in [1.165, 1.54) is 0 Å². The summed E-state index contributed by atoms with van der Waals surface area (Å²) in [4.78, 5) is 11.1. The number of aliphatic carboxylic acids is 1. The van der Waals surface area contributed by atoms with Gasteiger partial charge < -0.3 is 19.3 Å². The van der Waals surface area contributed by atoms with E-state index in [0.29, 0.717) is 12.4 Å². The van der Waals surface area contributed by atoms with Gasteiger partial charge in [-0.2, -0.15) is 0 Å². The summed E-state index contributed by atoms with van der Waals surface area (Å²) in [5.41, 5.74) is 1.15. The molecule has 0 aromatic heterocycles. The Hall–Kier alpha value is -1.75. The van der Waals surface area contributed by atoms with Gasteiger partial charge in [-0.1, -0.05) is 13.8 Å². The smallest absolute Gasteiger partial charge is 0.304 e. The van der Waals surface area contributed by atoms with Crippen molar-refractivity contribution < 1.29 is 24.1 Å². The van der Waals surface area contributed by atoms with Gasteiger partial charge in [0.15, 0.2) is 6.79 Å². The van der Waals surface area contributed by atoms with Gasteiger partial charge >= 0.3 is 5.97 Å². The highest BCUT2D eigenvalue weighted by atomic mass is 16.7. The van der Waals surface area contributed by atoms with Gasteiger partial charge in [0.2, 0.25) is 0 Å². The third-order valence-electron chi connectivity index (χ3n) is 3.27. The molecular weight excluding hydrogens is 248 g/mol. The molecule has 0 fully saturated rings. The van der Waals surface area contributed by atoms with Crippen molar-refractivity contribution in [3.63, 3.8) is 0 Å². The molecule has 0 saturated carbocycles. The average molecular weight is 266 g/mol. The summed E-state index contributed by atoms with van der Waals surface area (Å²) in [7, 11) is 1.58. The number of rotatable bonds is 4. The van der Waals surface area contributed by atoms with Gasteiger partial charge in [-0.25, -0.2) is 0 Å². The van der Waals surface area contributed by atoms with E-state index < -0.39 is 11.4 Å². The minimum atomic E-state index is -0.845. The van der Waals surface area contributed by atoms with Crippen LogP contribution in [0.25, 0.3) is 0 Å². The minimum Gasteiger partial charge on any atom is -0.496 e. The SMILES string of the molecule is COc1ccc2c(c1C(C)(C)CC(=O)O)COCO2. The van der Waals surface area contributed by atoms with E-state index in [2.05, 4.69) is 0 Å². The van der Waals surface area contributed by atoms with E-state index in [4.69, 9.17) is 19.3 Å². The van der Waals surface area contributed by atoms with E-state index in [1.54, 1.807) is 7.11 Å². The Labute approximate surface area is 112 Å². The zero-order valence-corrected chi connectivity index (χ0v) is 11.4. The molecule has 1 aromatic rings. The molecule has 0 aliphatic carbocycles. The van der Waals surface area contributed by atoms with E-state index in [-0.39, 0.29) is 13.2 Å². The van der Waals surface area contributed by atoms with Crippen molar-refractivity contribution in [2.45, 2.75) is 32.3 Å². The zero-order valence-electron chi connectivity index (χ0n) is 11.4. The number of carboxylic acids is 1. The molecule has 5 heteroatoms. The maximum atomic E-state index is 11.1. The Bertz CT molecular complexity index is 493. The van der Waals surface area contributed by atoms with Gasteiger partial charge in [-0.3, -0.25) is 4.79 Å². The van der Waals surface area contributed by atoms with Gasteiger partial charge in [0.1, 0.15) is 11.5 Å². The maximum Gasteiger partial charge on any atom is 0.304 e. The highest BCUT2D eigenvalue weighted by molar-refractivity contribution is 5.70. The van der Waals surface area contributed by atoms with Crippen LogP contribution in [0.1, 0.15) is 31.4 Å². The van der Waals surface area contributed by atoms with Crippen LogP contribution in [0.2, 0.25) is 0 Å². The minimum absolute atomic E-state index is 0.0137. The first kappa shape index (κ1) is 13.7. The second-order valence-electron chi connectivity index (χ2n) is 5.18. The molecule has 0 saturated heterocycles. The molecule has 0 atom stereocenters. The van der Waals surface area contributed by atoms with Crippen molar-refractivity contribution in [1.82, 2.24) is 0 Å². The summed E-state index contributed by atoms with van der Waals surface area (Å²) in [6, 6.07) is 3.64. The second kappa shape index (κ2) is 5.09. The van der Waals surface area contributed by atoms with Gasteiger partial charge in [-0.15, -0.1) is 0 Å². The fourth-order valence-electron chi connectivity index (χ4n) is 2.51. The number of carbonyl (C=O) groups is 1. The predicted octanol–water partition coefficient (Wildman–Crippen LogP) is 2.31. The number of benzene rings is 1. The van der Waals surface area contributed by atoms with Gasteiger partial charge in [0.05, 0.1) is 20.1 Å². The number of carboxylic acid groups (broad SMARTS) is 1. The first-order valence-corrected chi connectivity index (χ1v) is 6.08. The summed E-state index contributed by atoms with van der Waals surface area (Å²) in [5, 5.41) is 9.07. The Balaban J connectivity index is 2.55. The summed E-state index contributed by atoms with van der Waals surface area (Å²) in [6.45, 7) is 4.39. The molecule has 1 aliphatic rings. The van der Waals surface area contributed by atoms with Crippen LogP contribution in [0.4, 0.5) is 0 Å².